The zero-order valence-electron chi connectivity index (χ0n) is 27.3. The minimum Gasteiger partial charge on any atom is -0.369 e. The quantitative estimate of drug-likeness (QED) is 0.130. The molecule has 0 aliphatic carbocycles. The van der Waals surface area contributed by atoms with Crippen molar-refractivity contribution < 1.29 is 5.11 Å². The molecule has 0 spiro atoms. The first-order valence-corrected chi connectivity index (χ1v) is 17.6. The number of rotatable bonds is 0. The highest BCUT2D eigenvalue weighted by Gasteiger charge is 2.31. The van der Waals surface area contributed by atoms with E-state index in [1.54, 1.807) is 4.40 Å². The highest BCUT2D eigenvalue weighted by molar-refractivity contribution is 6.44. The van der Waals surface area contributed by atoms with Gasteiger partial charge in [0, 0.05) is 32.7 Å². The van der Waals surface area contributed by atoms with E-state index in [-0.39, 0.29) is 5.56 Å². The van der Waals surface area contributed by atoms with Crippen LogP contribution in [0.1, 0.15) is 11.8 Å². The van der Waals surface area contributed by atoms with Gasteiger partial charge in [-0.2, -0.15) is 0 Å². The molecular formula is C46H22N4O2. The molecule has 3 aromatic heterocycles. The number of pyridine rings is 1. The van der Waals surface area contributed by atoms with Crippen molar-refractivity contribution >= 4 is 114 Å². The van der Waals surface area contributed by atoms with Gasteiger partial charge in [0.2, 0.25) is 0 Å². The monoisotopic (exact) mass is 662 g/mol. The fourth-order valence-electron chi connectivity index (χ4n) is 10.2. The summed E-state index contributed by atoms with van der Waals surface area (Å²) in [5.74, 6) is 0.798. The van der Waals surface area contributed by atoms with Gasteiger partial charge in [-0.25, -0.2) is 9.97 Å². The number of imidazole rings is 2. The Morgan fingerprint density at radius 2 is 0.923 bits per heavy atom. The van der Waals surface area contributed by atoms with Crippen LogP contribution in [0.2, 0.25) is 0 Å². The fourth-order valence-corrected chi connectivity index (χ4v) is 10.2. The number of hydrogen-bond acceptors (Lipinski definition) is 4. The molecule has 4 heterocycles. The molecule has 1 aliphatic heterocycles. The Hall–Kier alpha value is -6.89. The minimum atomic E-state index is -0.835. The van der Waals surface area contributed by atoms with Crippen LogP contribution in [0.15, 0.2) is 126 Å². The third-order valence-electron chi connectivity index (χ3n) is 12.3. The molecule has 1 N–H and O–H groups in total. The molecule has 14 rings (SSSR count). The molecule has 1 unspecified atom stereocenters. The Kier molecular flexibility index (Phi) is 4.17. The predicted molar refractivity (Wildman–Crippen MR) is 212 cm³/mol. The molecule has 1 atom stereocenters. The van der Waals surface area contributed by atoms with Gasteiger partial charge in [-0.3, -0.25) is 13.8 Å². The third kappa shape index (κ3) is 2.67. The van der Waals surface area contributed by atoms with Gasteiger partial charge in [0.1, 0.15) is 11.5 Å². The van der Waals surface area contributed by atoms with E-state index in [2.05, 4.69) is 66.7 Å². The summed E-state index contributed by atoms with van der Waals surface area (Å²) in [6.45, 7) is 0. The smallest absolute Gasteiger partial charge is 0.264 e. The van der Waals surface area contributed by atoms with E-state index in [1.807, 2.05) is 59.2 Å². The Balaban J connectivity index is 1.15. The zero-order valence-corrected chi connectivity index (χ0v) is 27.3. The van der Waals surface area contributed by atoms with Crippen LogP contribution in [-0.2, 0) is 0 Å². The van der Waals surface area contributed by atoms with Gasteiger partial charge in [-0.05, 0) is 107 Å². The Labute approximate surface area is 292 Å². The molecule has 1 aliphatic rings. The van der Waals surface area contributed by atoms with Crippen molar-refractivity contribution in [2.75, 3.05) is 0 Å². The highest BCUT2D eigenvalue weighted by Crippen LogP contribution is 2.51. The lowest BCUT2D eigenvalue weighted by molar-refractivity contribution is 0.152. The summed E-state index contributed by atoms with van der Waals surface area (Å²) >= 11 is 0. The van der Waals surface area contributed by atoms with Gasteiger partial charge in [-0.1, -0.05) is 78.9 Å². The van der Waals surface area contributed by atoms with E-state index in [4.69, 9.17) is 9.97 Å². The molecule has 0 fully saturated rings. The van der Waals surface area contributed by atoms with Crippen LogP contribution in [0.25, 0.3) is 125 Å². The normalized spacial score (nSPS) is 14.9. The van der Waals surface area contributed by atoms with E-state index in [1.165, 1.54) is 48.5 Å². The Bertz CT molecular complexity index is 3790. The summed E-state index contributed by atoms with van der Waals surface area (Å²) < 4.78 is 3.74. The lowest BCUT2D eigenvalue weighted by atomic mass is 9.81. The third-order valence-corrected chi connectivity index (χ3v) is 12.3. The molecule has 0 bridgehead atoms. The van der Waals surface area contributed by atoms with Crippen molar-refractivity contribution in [3.8, 4) is 11.4 Å². The summed E-state index contributed by atoms with van der Waals surface area (Å²) in [7, 11) is 0. The molecule has 6 heteroatoms. The molecule has 0 saturated heterocycles. The molecule has 0 amide bonds. The van der Waals surface area contributed by atoms with Gasteiger partial charge in [-0.15, -0.1) is 0 Å². The van der Waals surface area contributed by atoms with E-state index >= 15 is 0 Å². The van der Waals surface area contributed by atoms with E-state index in [0.717, 1.165) is 71.3 Å². The first-order chi connectivity index (χ1) is 25.7. The Morgan fingerprint density at radius 1 is 0.462 bits per heavy atom. The summed E-state index contributed by atoms with van der Waals surface area (Å²) in [6.07, 6.45) is -0.835. The zero-order chi connectivity index (χ0) is 33.7. The second-order valence-corrected chi connectivity index (χ2v) is 14.5. The van der Waals surface area contributed by atoms with Crippen LogP contribution in [0.3, 0.4) is 0 Å². The number of nitrogens with zero attached hydrogens (tertiary/aromatic N) is 4. The molecule has 6 nitrogen and oxygen atoms in total. The van der Waals surface area contributed by atoms with Crippen molar-refractivity contribution in [3.05, 3.63) is 137 Å². The number of hydrogen-bond donors (Lipinski definition) is 1. The van der Waals surface area contributed by atoms with Crippen molar-refractivity contribution in [2.24, 2.45) is 0 Å². The standard InChI is InChI=1S/C46H22N4O2/c51-45-31-19-15-27-23-11-12-24-28-16-20-32-42-30(44-48-34-6-2-4-8-36(34)50(44)46(32)52)18-14-26(40(28)42)22-10-9-21(37(23)38(22)24)25-13-17-29(41(31)39(25)27)43-47-33-5-1-3-7-35(33)49(43)45/h1-20,45,51H. The number of aromatic nitrogens is 4. The molecule has 0 saturated carbocycles. The minimum absolute atomic E-state index is 0.0340. The molecule has 0 radical (unpaired) electrons. The van der Waals surface area contributed by atoms with Crippen LogP contribution < -0.4 is 5.56 Å². The van der Waals surface area contributed by atoms with Crippen LogP contribution in [0, 0.1) is 0 Å². The van der Waals surface area contributed by atoms with Gasteiger partial charge < -0.3 is 5.11 Å². The van der Waals surface area contributed by atoms with Gasteiger partial charge in [0.05, 0.1) is 22.1 Å². The number of fused-ring (bicyclic) bond motifs is 12. The number of aliphatic hydroxyl groups is 1. The van der Waals surface area contributed by atoms with Crippen molar-refractivity contribution in [1.82, 2.24) is 18.9 Å². The SMILES string of the molecule is O=c1c2ccc3c4ccc5c6ccc7c8c(ccc(c9ccc(c%10ccc(c2c3%10)c2nc3ccccc3n12)c4c59)c86)-c1nc2ccccc2n1C7O. The van der Waals surface area contributed by atoms with E-state index in [9.17, 15) is 9.90 Å². The Morgan fingerprint density at radius 3 is 1.56 bits per heavy atom. The van der Waals surface area contributed by atoms with Crippen LogP contribution in [-0.4, -0.2) is 24.0 Å². The first kappa shape index (κ1) is 26.0. The number of benzene rings is 10. The number of aliphatic hydroxyl groups excluding tert-OH is 1. The maximum atomic E-state index is 14.2. The average molecular weight is 663 g/mol. The van der Waals surface area contributed by atoms with Gasteiger partial charge >= 0.3 is 0 Å². The highest BCUT2D eigenvalue weighted by atomic mass is 16.3. The lowest BCUT2D eigenvalue weighted by Gasteiger charge is -2.27. The van der Waals surface area contributed by atoms with Gasteiger partial charge in [0.25, 0.3) is 5.56 Å². The maximum absolute atomic E-state index is 14.2. The lowest BCUT2D eigenvalue weighted by Crippen LogP contribution is -2.16. The summed E-state index contributed by atoms with van der Waals surface area (Å²) in [6, 6.07) is 42.3. The second kappa shape index (κ2) is 8.35. The van der Waals surface area contributed by atoms with Crippen LogP contribution in [0.5, 0.6) is 0 Å². The van der Waals surface area contributed by atoms with Crippen molar-refractivity contribution in [3.63, 3.8) is 0 Å². The first-order valence-electron chi connectivity index (χ1n) is 17.6. The summed E-state index contributed by atoms with van der Waals surface area (Å²) in [5.41, 5.74) is 6.07. The molecular weight excluding hydrogens is 641 g/mol. The van der Waals surface area contributed by atoms with Crippen molar-refractivity contribution in [2.45, 2.75) is 6.23 Å². The van der Waals surface area contributed by atoms with Gasteiger partial charge in [0.15, 0.2) is 6.23 Å². The summed E-state index contributed by atoms with van der Waals surface area (Å²) in [5, 5.41) is 29.8. The maximum Gasteiger partial charge on any atom is 0.264 e. The predicted octanol–water partition coefficient (Wildman–Crippen LogP) is 10.3. The number of para-hydroxylation sites is 4. The summed E-state index contributed by atoms with van der Waals surface area (Å²) in [4.78, 5) is 24.2. The average Bonchev–Trinajstić information content (AvgIpc) is 3.78. The van der Waals surface area contributed by atoms with Crippen LogP contribution in [0.4, 0.5) is 0 Å². The van der Waals surface area contributed by atoms with Crippen LogP contribution >= 0.6 is 0 Å². The van der Waals surface area contributed by atoms with E-state index in [0.29, 0.717) is 11.0 Å². The second-order valence-electron chi connectivity index (χ2n) is 14.5. The van der Waals surface area contributed by atoms with Crippen molar-refractivity contribution in [1.29, 1.82) is 0 Å². The molecule has 13 aromatic rings. The largest absolute Gasteiger partial charge is 0.369 e. The molecule has 238 valence electrons. The molecule has 10 aromatic carbocycles. The topological polar surface area (TPSA) is 72.4 Å². The fraction of sp³-hybridized carbons (Fsp3) is 0.0217. The molecule has 52 heavy (non-hydrogen) atoms. The van der Waals surface area contributed by atoms with E-state index < -0.39 is 6.23 Å².